The Bertz CT molecular complexity index is 338. The standard InChI is InChI=1S/C11H20ClN3O/c1-8-11(12)10(15(3)14-8)6-5-9(13-2)7-16-4/h9,13H,5-7H2,1-4H3. The van der Waals surface area contributed by atoms with E-state index < -0.39 is 0 Å². The zero-order valence-electron chi connectivity index (χ0n) is 10.4. The van der Waals surface area contributed by atoms with Gasteiger partial charge in [-0.15, -0.1) is 0 Å². The normalized spacial score (nSPS) is 13.1. The van der Waals surface area contributed by atoms with E-state index in [1.54, 1.807) is 7.11 Å². The Morgan fingerprint density at radius 1 is 1.56 bits per heavy atom. The molecule has 0 fully saturated rings. The molecule has 1 heterocycles. The Hall–Kier alpha value is -0.580. The monoisotopic (exact) mass is 245 g/mol. The van der Waals surface area contributed by atoms with E-state index in [0.29, 0.717) is 12.6 Å². The molecule has 1 aromatic rings. The molecule has 1 N–H and O–H groups in total. The van der Waals surface area contributed by atoms with Gasteiger partial charge in [0.25, 0.3) is 0 Å². The molecule has 16 heavy (non-hydrogen) atoms. The maximum absolute atomic E-state index is 6.18. The number of halogens is 1. The van der Waals surface area contributed by atoms with E-state index in [0.717, 1.165) is 29.3 Å². The minimum absolute atomic E-state index is 0.358. The summed E-state index contributed by atoms with van der Waals surface area (Å²) in [5.74, 6) is 0. The maximum Gasteiger partial charge on any atom is 0.0846 e. The number of nitrogens with one attached hydrogen (secondary N) is 1. The van der Waals surface area contributed by atoms with Gasteiger partial charge in [-0.25, -0.2) is 0 Å². The predicted molar refractivity (Wildman–Crippen MR) is 66.0 cm³/mol. The fraction of sp³-hybridized carbons (Fsp3) is 0.727. The summed E-state index contributed by atoms with van der Waals surface area (Å²) in [5.41, 5.74) is 1.99. The first-order chi connectivity index (χ1) is 7.60. The topological polar surface area (TPSA) is 39.1 Å². The molecule has 0 spiro atoms. The maximum atomic E-state index is 6.18. The highest BCUT2D eigenvalue weighted by molar-refractivity contribution is 6.31. The van der Waals surface area contributed by atoms with Crippen molar-refractivity contribution in [3.63, 3.8) is 0 Å². The minimum atomic E-state index is 0.358. The summed E-state index contributed by atoms with van der Waals surface area (Å²) in [6.45, 7) is 2.64. The molecule has 0 saturated heterocycles. The molecule has 0 radical (unpaired) electrons. The van der Waals surface area contributed by atoms with E-state index in [2.05, 4.69) is 10.4 Å². The summed E-state index contributed by atoms with van der Waals surface area (Å²) in [4.78, 5) is 0. The van der Waals surface area contributed by atoms with Gasteiger partial charge in [0.2, 0.25) is 0 Å². The molecule has 0 aliphatic carbocycles. The second-order valence-electron chi connectivity index (χ2n) is 3.95. The minimum Gasteiger partial charge on any atom is -0.383 e. The van der Waals surface area contributed by atoms with Crippen LogP contribution in [0.25, 0.3) is 0 Å². The van der Waals surface area contributed by atoms with Crippen molar-refractivity contribution >= 4 is 11.6 Å². The van der Waals surface area contributed by atoms with Crippen molar-refractivity contribution in [3.8, 4) is 0 Å². The third-order valence-electron chi connectivity index (χ3n) is 2.77. The van der Waals surface area contributed by atoms with E-state index in [-0.39, 0.29) is 0 Å². The fourth-order valence-corrected chi connectivity index (χ4v) is 2.03. The van der Waals surface area contributed by atoms with Gasteiger partial charge in [0.15, 0.2) is 0 Å². The van der Waals surface area contributed by atoms with E-state index in [1.807, 2.05) is 25.7 Å². The molecule has 0 saturated carbocycles. The molecule has 1 rings (SSSR count). The number of nitrogens with zero attached hydrogens (tertiary/aromatic N) is 2. The van der Waals surface area contributed by atoms with Gasteiger partial charge in [-0.05, 0) is 26.8 Å². The van der Waals surface area contributed by atoms with Crippen LogP contribution in [-0.2, 0) is 18.2 Å². The lowest BCUT2D eigenvalue weighted by atomic mass is 10.1. The van der Waals surface area contributed by atoms with E-state index >= 15 is 0 Å². The van der Waals surface area contributed by atoms with Gasteiger partial charge in [-0.1, -0.05) is 11.6 Å². The van der Waals surface area contributed by atoms with Crippen LogP contribution >= 0.6 is 11.6 Å². The lowest BCUT2D eigenvalue weighted by Gasteiger charge is -2.14. The van der Waals surface area contributed by atoms with Crippen LogP contribution in [0.15, 0.2) is 0 Å². The molecule has 92 valence electrons. The van der Waals surface area contributed by atoms with Gasteiger partial charge in [0, 0.05) is 20.2 Å². The Balaban J connectivity index is 2.59. The summed E-state index contributed by atoms with van der Waals surface area (Å²) in [6, 6.07) is 0.358. The number of hydrogen-bond donors (Lipinski definition) is 1. The third-order valence-corrected chi connectivity index (χ3v) is 3.26. The number of hydrogen-bond acceptors (Lipinski definition) is 3. The zero-order valence-corrected chi connectivity index (χ0v) is 11.1. The van der Waals surface area contributed by atoms with Crippen molar-refractivity contribution in [1.29, 1.82) is 0 Å². The Kier molecular flexibility index (Phi) is 5.25. The molecule has 1 atom stereocenters. The van der Waals surface area contributed by atoms with Crippen molar-refractivity contribution in [3.05, 3.63) is 16.4 Å². The summed E-state index contributed by atoms with van der Waals surface area (Å²) >= 11 is 6.18. The van der Waals surface area contributed by atoms with E-state index in [9.17, 15) is 0 Å². The van der Waals surface area contributed by atoms with Crippen molar-refractivity contribution in [2.45, 2.75) is 25.8 Å². The number of likely N-dealkylation sites (N-methyl/N-ethyl adjacent to an activating group) is 1. The van der Waals surface area contributed by atoms with Crippen LogP contribution in [0.5, 0.6) is 0 Å². The van der Waals surface area contributed by atoms with E-state index in [4.69, 9.17) is 16.3 Å². The third kappa shape index (κ3) is 3.20. The first-order valence-corrected chi connectivity index (χ1v) is 5.82. The highest BCUT2D eigenvalue weighted by Crippen LogP contribution is 2.21. The molecule has 1 aromatic heterocycles. The molecule has 4 nitrogen and oxygen atoms in total. The molecule has 0 aliphatic rings. The average molecular weight is 246 g/mol. The van der Waals surface area contributed by atoms with Gasteiger partial charge in [-0.3, -0.25) is 4.68 Å². The Morgan fingerprint density at radius 2 is 2.25 bits per heavy atom. The molecular formula is C11H20ClN3O. The van der Waals surface area contributed by atoms with Crippen molar-refractivity contribution in [2.24, 2.45) is 7.05 Å². The molecule has 0 amide bonds. The van der Waals surface area contributed by atoms with Crippen LogP contribution in [0.2, 0.25) is 5.02 Å². The van der Waals surface area contributed by atoms with Crippen molar-refractivity contribution < 1.29 is 4.74 Å². The predicted octanol–water partition coefficient (Wildman–Crippen LogP) is 1.55. The molecule has 0 aliphatic heterocycles. The lowest BCUT2D eigenvalue weighted by molar-refractivity contribution is 0.166. The molecule has 0 aromatic carbocycles. The van der Waals surface area contributed by atoms with Crippen LogP contribution in [0, 0.1) is 6.92 Å². The zero-order chi connectivity index (χ0) is 12.1. The first kappa shape index (κ1) is 13.5. The number of aryl methyl sites for hydroxylation is 2. The smallest absolute Gasteiger partial charge is 0.0846 e. The molecule has 0 bridgehead atoms. The number of methoxy groups -OCH3 is 1. The Morgan fingerprint density at radius 3 is 2.69 bits per heavy atom. The van der Waals surface area contributed by atoms with Gasteiger partial charge >= 0.3 is 0 Å². The summed E-state index contributed by atoms with van der Waals surface area (Å²) in [5, 5.41) is 8.30. The number of ether oxygens (including phenoxy) is 1. The summed E-state index contributed by atoms with van der Waals surface area (Å²) in [7, 11) is 5.59. The van der Waals surface area contributed by atoms with Crippen LogP contribution < -0.4 is 5.32 Å². The van der Waals surface area contributed by atoms with Crippen molar-refractivity contribution in [2.75, 3.05) is 20.8 Å². The number of aromatic nitrogens is 2. The largest absolute Gasteiger partial charge is 0.383 e. The van der Waals surface area contributed by atoms with Gasteiger partial charge < -0.3 is 10.1 Å². The summed E-state index contributed by atoms with van der Waals surface area (Å²) < 4.78 is 6.99. The van der Waals surface area contributed by atoms with Gasteiger partial charge in [0.1, 0.15) is 0 Å². The lowest BCUT2D eigenvalue weighted by Crippen LogP contribution is -2.30. The molecular weight excluding hydrogens is 226 g/mol. The number of rotatable bonds is 6. The highest BCUT2D eigenvalue weighted by Gasteiger charge is 2.13. The van der Waals surface area contributed by atoms with Crippen LogP contribution in [-0.4, -0.2) is 36.6 Å². The van der Waals surface area contributed by atoms with Gasteiger partial charge in [-0.2, -0.15) is 5.10 Å². The molecule has 5 heteroatoms. The van der Waals surface area contributed by atoms with Crippen molar-refractivity contribution in [1.82, 2.24) is 15.1 Å². The summed E-state index contributed by atoms with van der Waals surface area (Å²) in [6.07, 6.45) is 1.90. The first-order valence-electron chi connectivity index (χ1n) is 5.44. The quantitative estimate of drug-likeness (QED) is 0.827. The SMILES string of the molecule is CNC(CCc1c(Cl)c(C)nn1C)COC. The fourth-order valence-electron chi connectivity index (χ4n) is 1.77. The van der Waals surface area contributed by atoms with Crippen LogP contribution in [0.1, 0.15) is 17.8 Å². The molecule has 1 unspecified atom stereocenters. The second kappa shape index (κ2) is 6.23. The second-order valence-corrected chi connectivity index (χ2v) is 4.33. The van der Waals surface area contributed by atoms with Gasteiger partial charge in [0.05, 0.1) is 23.0 Å². The van der Waals surface area contributed by atoms with Crippen LogP contribution in [0.4, 0.5) is 0 Å². The van der Waals surface area contributed by atoms with Crippen LogP contribution in [0.3, 0.4) is 0 Å². The average Bonchev–Trinajstić information content (AvgIpc) is 2.49. The van der Waals surface area contributed by atoms with E-state index in [1.165, 1.54) is 0 Å². The Labute approximate surface area is 102 Å². The highest BCUT2D eigenvalue weighted by atomic mass is 35.5.